The van der Waals surface area contributed by atoms with Crippen LogP contribution < -0.4 is 4.90 Å². The fourth-order valence-corrected chi connectivity index (χ4v) is 2.91. The molecule has 2 rings (SSSR count). The first-order valence-corrected chi connectivity index (χ1v) is 8.24. The fraction of sp³-hybridized carbons (Fsp3) is 0.647. The van der Waals surface area contributed by atoms with Crippen LogP contribution in [0.25, 0.3) is 0 Å². The Bertz CT molecular complexity index is 510. The molecule has 1 heterocycles. The van der Waals surface area contributed by atoms with Crippen LogP contribution in [0, 0.1) is 23.7 Å². The average Bonchev–Trinajstić information content (AvgIpc) is 2.49. The zero-order chi connectivity index (χ0) is 15.9. The van der Waals surface area contributed by atoms with E-state index < -0.39 is 0 Å². The van der Waals surface area contributed by atoms with Crippen molar-refractivity contribution in [3.63, 3.8) is 0 Å². The molecule has 5 heteroatoms. The van der Waals surface area contributed by atoms with E-state index in [9.17, 15) is 0 Å². The Hall–Kier alpha value is -1.31. The molecule has 1 saturated carbocycles. The van der Waals surface area contributed by atoms with E-state index in [0.29, 0.717) is 16.9 Å². The van der Waals surface area contributed by atoms with Gasteiger partial charge in [0.1, 0.15) is 0 Å². The van der Waals surface area contributed by atoms with Gasteiger partial charge in [-0.2, -0.15) is 0 Å². The number of anilines is 1. The van der Waals surface area contributed by atoms with E-state index in [1.807, 2.05) is 7.05 Å². The average molecular weight is 321 g/mol. The third-order valence-corrected chi connectivity index (χ3v) is 4.22. The van der Waals surface area contributed by atoms with Crippen LogP contribution in [0.1, 0.15) is 25.7 Å². The number of aromatic nitrogens is 2. The molecule has 0 saturated heterocycles. The molecule has 0 amide bonds. The summed E-state index contributed by atoms with van der Waals surface area (Å²) in [6, 6.07) is 0. The van der Waals surface area contributed by atoms with Crippen LogP contribution in [0.3, 0.4) is 0 Å². The smallest absolute Gasteiger partial charge is 0.225 e. The third kappa shape index (κ3) is 5.47. The predicted octanol–water partition coefficient (Wildman–Crippen LogP) is 2.94. The Morgan fingerprint density at radius 1 is 1.14 bits per heavy atom. The largest absolute Gasteiger partial charge is 0.344 e. The highest BCUT2D eigenvalue weighted by Crippen LogP contribution is 2.29. The summed E-state index contributed by atoms with van der Waals surface area (Å²) in [6.07, 6.45) is 8.19. The Labute approximate surface area is 138 Å². The molecular formula is C17H25ClN4. The lowest BCUT2D eigenvalue weighted by atomic mass is 9.82. The van der Waals surface area contributed by atoms with Crippen molar-refractivity contribution in [2.75, 3.05) is 39.1 Å². The van der Waals surface area contributed by atoms with Gasteiger partial charge >= 0.3 is 0 Å². The van der Waals surface area contributed by atoms with Crippen LogP contribution in [0.2, 0.25) is 5.02 Å². The molecule has 1 aromatic rings. The van der Waals surface area contributed by atoms with Gasteiger partial charge in [0, 0.05) is 19.5 Å². The maximum atomic E-state index is 5.83. The molecular weight excluding hydrogens is 296 g/mol. The molecule has 1 fully saturated rings. The minimum atomic E-state index is 0.577. The highest BCUT2D eigenvalue weighted by Gasteiger charge is 2.21. The quantitative estimate of drug-likeness (QED) is 0.798. The lowest BCUT2D eigenvalue weighted by Gasteiger charge is -2.29. The van der Waals surface area contributed by atoms with Gasteiger partial charge < -0.3 is 4.90 Å². The number of nitrogens with zero attached hydrogens (tertiary/aromatic N) is 4. The standard InChI is InChI=1S/C17H25ClN4/c1-21(2)10-4-5-14-6-8-15(9-7-14)13-22(3)17-19-11-16(18)12-20-17/h11-12,14-15H,6-10,13H2,1-3H3. The zero-order valence-corrected chi connectivity index (χ0v) is 14.5. The fourth-order valence-electron chi connectivity index (χ4n) is 2.81. The minimum Gasteiger partial charge on any atom is -0.344 e. The van der Waals surface area contributed by atoms with Gasteiger partial charge in [-0.1, -0.05) is 23.4 Å². The highest BCUT2D eigenvalue weighted by atomic mass is 35.5. The molecule has 0 atom stereocenters. The molecule has 4 nitrogen and oxygen atoms in total. The van der Waals surface area contributed by atoms with E-state index in [1.54, 1.807) is 12.4 Å². The van der Waals surface area contributed by atoms with E-state index in [4.69, 9.17) is 11.6 Å². The lowest BCUT2D eigenvalue weighted by Crippen LogP contribution is -2.29. The Kier molecular flexibility index (Phi) is 6.48. The summed E-state index contributed by atoms with van der Waals surface area (Å²) in [5, 5.41) is 0.578. The van der Waals surface area contributed by atoms with Gasteiger partial charge in [-0.15, -0.1) is 0 Å². The van der Waals surface area contributed by atoms with Crippen molar-refractivity contribution in [3.05, 3.63) is 17.4 Å². The Balaban J connectivity index is 1.77. The predicted molar refractivity (Wildman–Crippen MR) is 92.1 cm³/mol. The molecule has 0 N–H and O–H groups in total. The van der Waals surface area contributed by atoms with Gasteiger partial charge in [0.15, 0.2) is 0 Å². The Morgan fingerprint density at radius 2 is 1.77 bits per heavy atom. The molecule has 22 heavy (non-hydrogen) atoms. The van der Waals surface area contributed by atoms with Crippen molar-refractivity contribution in [1.82, 2.24) is 14.9 Å². The first-order chi connectivity index (χ1) is 10.5. The van der Waals surface area contributed by atoms with Gasteiger partial charge in [0.05, 0.1) is 24.0 Å². The third-order valence-electron chi connectivity index (χ3n) is 4.03. The Morgan fingerprint density at radius 3 is 2.36 bits per heavy atom. The molecule has 0 bridgehead atoms. The zero-order valence-electron chi connectivity index (χ0n) is 13.7. The van der Waals surface area contributed by atoms with E-state index in [2.05, 4.69) is 45.7 Å². The summed E-state index contributed by atoms with van der Waals surface area (Å²) in [6.45, 7) is 1.86. The molecule has 0 radical (unpaired) electrons. The summed E-state index contributed by atoms with van der Waals surface area (Å²) in [4.78, 5) is 12.8. The second kappa shape index (κ2) is 8.36. The number of hydrogen-bond donors (Lipinski definition) is 0. The maximum Gasteiger partial charge on any atom is 0.225 e. The van der Waals surface area contributed by atoms with Crippen molar-refractivity contribution in [2.24, 2.45) is 11.8 Å². The lowest BCUT2D eigenvalue weighted by molar-refractivity contribution is 0.319. The van der Waals surface area contributed by atoms with Crippen LogP contribution in [0.4, 0.5) is 5.95 Å². The molecule has 0 aromatic carbocycles. The second-order valence-electron chi connectivity index (χ2n) is 6.36. The molecule has 1 aromatic heterocycles. The van der Waals surface area contributed by atoms with Crippen LogP contribution in [0.5, 0.6) is 0 Å². The number of hydrogen-bond acceptors (Lipinski definition) is 4. The van der Waals surface area contributed by atoms with Crippen LogP contribution in [0.15, 0.2) is 12.4 Å². The van der Waals surface area contributed by atoms with Crippen molar-refractivity contribution in [3.8, 4) is 11.8 Å². The minimum absolute atomic E-state index is 0.577. The molecule has 120 valence electrons. The first kappa shape index (κ1) is 17.1. The maximum absolute atomic E-state index is 5.83. The van der Waals surface area contributed by atoms with E-state index >= 15 is 0 Å². The number of halogens is 1. The molecule has 1 aliphatic rings. The first-order valence-electron chi connectivity index (χ1n) is 7.86. The normalized spacial score (nSPS) is 21.3. The van der Waals surface area contributed by atoms with Gasteiger partial charge in [-0.05, 0) is 45.7 Å². The van der Waals surface area contributed by atoms with Gasteiger partial charge in [-0.25, -0.2) is 9.97 Å². The summed E-state index contributed by atoms with van der Waals surface area (Å²) in [5.74, 6) is 8.72. The SMILES string of the molecule is CN(C)CC#CC1CCC(CN(C)c2ncc(Cl)cn2)CC1. The van der Waals surface area contributed by atoms with Crippen molar-refractivity contribution < 1.29 is 0 Å². The number of rotatable bonds is 4. The summed E-state index contributed by atoms with van der Waals surface area (Å²) in [7, 11) is 6.16. The van der Waals surface area contributed by atoms with Crippen molar-refractivity contribution in [1.29, 1.82) is 0 Å². The highest BCUT2D eigenvalue weighted by molar-refractivity contribution is 6.30. The summed E-state index contributed by atoms with van der Waals surface area (Å²) in [5.41, 5.74) is 0. The van der Waals surface area contributed by atoms with Gasteiger partial charge in [-0.3, -0.25) is 4.90 Å². The second-order valence-corrected chi connectivity index (χ2v) is 6.79. The van der Waals surface area contributed by atoms with Crippen molar-refractivity contribution >= 4 is 17.5 Å². The molecule has 0 spiro atoms. The van der Waals surface area contributed by atoms with Gasteiger partial charge in [0.2, 0.25) is 5.95 Å². The van der Waals surface area contributed by atoms with E-state index in [-0.39, 0.29) is 0 Å². The monoisotopic (exact) mass is 320 g/mol. The van der Waals surface area contributed by atoms with E-state index in [1.165, 1.54) is 25.7 Å². The van der Waals surface area contributed by atoms with Crippen LogP contribution in [-0.2, 0) is 0 Å². The molecule has 1 aliphatic carbocycles. The van der Waals surface area contributed by atoms with Gasteiger partial charge in [0.25, 0.3) is 0 Å². The molecule has 0 unspecified atom stereocenters. The topological polar surface area (TPSA) is 32.3 Å². The summed E-state index contributed by atoms with van der Waals surface area (Å²) >= 11 is 5.83. The van der Waals surface area contributed by atoms with Crippen LogP contribution in [-0.4, -0.2) is 49.1 Å². The molecule has 0 aliphatic heterocycles. The van der Waals surface area contributed by atoms with Crippen molar-refractivity contribution in [2.45, 2.75) is 25.7 Å². The summed E-state index contributed by atoms with van der Waals surface area (Å²) < 4.78 is 0. The van der Waals surface area contributed by atoms with Crippen LogP contribution >= 0.6 is 11.6 Å². The van der Waals surface area contributed by atoms with E-state index in [0.717, 1.165) is 19.0 Å².